The van der Waals surface area contributed by atoms with Crippen LogP contribution in [-0.2, 0) is 6.42 Å². The lowest BCUT2D eigenvalue weighted by Gasteiger charge is -2.32. The number of hydrogen-bond donors (Lipinski definition) is 0. The number of carbonyl (C=O) groups is 1. The van der Waals surface area contributed by atoms with Gasteiger partial charge in [0.15, 0.2) is 11.5 Å². The maximum absolute atomic E-state index is 13.2. The van der Waals surface area contributed by atoms with Crippen LogP contribution in [0, 0.1) is 0 Å². The molecule has 0 spiro atoms. The zero-order chi connectivity index (χ0) is 19.8. The number of carbonyl (C=O) groups excluding carboxylic acids is 1. The largest absolute Gasteiger partial charge is 0.330 e. The van der Waals surface area contributed by atoms with Crippen LogP contribution in [0.25, 0.3) is 5.69 Å². The van der Waals surface area contributed by atoms with E-state index in [1.54, 1.807) is 4.90 Å². The van der Waals surface area contributed by atoms with Crippen molar-refractivity contribution in [2.24, 2.45) is 4.99 Å². The Balaban J connectivity index is 1.54. The molecule has 0 unspecified atom stereocenters. The van der Waals surface area contributed by atoms with Crippen molar-refractivity contribution < 1.29 is 4.79 Å². The molecule has 3 heterocycles. The fraction of sp³-hybridized carbons (Fsp3) is 0.261. The summed E-state index contributed by atoms with van der Waals surface area (Å²) < 4.78 is 1.84. The number of nitrogens with zero attached hydrogens (tertiary/aromatic N) is 5. The van der Waals surface area contributed by atoms with Gasteiger partial charge in [0.2, 0.25) is 0 Å². The van der Waals surface area contributed by atoms with E-state index in [1.807, 2.05) is 64.3 Å². The fourth-order valence-electron chi connectivity index (χ4n) is 4.06. The van der Waals surface area contributed by atoms with Gasteiger partial charge in [-0.25, -0.2) is 9.48 Å². The van der Waals surface area contributed by atoms with E-state index in [0.717, 1.165) is 29.9 Å². The molecule has 3 aromatic rings. The van der Waals surface area contributed by atoms with Crippen molar-refractivity contribution in [1.29, 1.82) is 0 Å². The number of aliphatic imine (C=N–C) groups is 1. The zero-order valence-corrected chi connectivity index (χ0v) is 16.4. The van der Waals surface area contributed by atoms with Gasteiger partial charge >= 0.3 is 6.03 Å². The van der Waals surface area contributed by atoms with Gasteiger partial charge in [0.25, 0.3) is 0 Å². The molecule has 0 radical (unpaired) electrons. The summed E-state index contributed by atoms with van der Waals surface area (Å²) in [5, 5.41) is 4.82. The molecular formula is C23H23N5O. The number of amides is 2. The number of benzene rings is 2. The molecule has 1 atom stereocenters. The minimum atomic E-state index is 0.00118. The van der Waals surface area contributed by atoms with Gasteiger partial charge in [0, 0.05) is 6.54 Å². The molecule has 0 saturated heterocycles. The number of aromatic nitrogens is 2. The highest BCUT2D eigenvalue weighted by Crippen LogP contribution is 2.33. The lowest BCUT2D eigenvalue weighted by atomic mass is 10.1. The molecule has 6 heteroatoms. The van der Waals surface area contributed by atoms with Crippen molar-refractivity contribution >= 4 is 17.6 Å². The van der Waals surface area contributed by atoms with Crippen molar-refractivity contribution in [3.8, 4) is 5.69 Å². The van der Waals surface area contributed by atoms with Crippen LogP contribution in [0.4, 0.5) is 10.5 Å². The summed E-state index contributed by atoms with van der Waals surface area (Å²) in [5.41, 5.74) is 3.83. The first kappa shape index (κ1) is 17.7. The average Bonchev–Trinajstić information content (AvgIpc) is 3.37. The Hall–Kier alpha value is -3.41. The smallest absolute Gasteiger partial charge is 0.290 e. The Morgan fingerprint density at radius 1 is 1.03 bits per heavy atom. The van der Waals surface area contributed by atoms with Crippen LogP contribution in [0.5, 0.6) is 0 Å². The minimum absolute atomic E-state index is 0.00118. The molecule has 2 aliphatic heterocycles. The highest BCUT2D eigenvalue weighted by Gasteiger charge is 2.42. The number of amidine groups is 1. The molecule has 5 rings (SSSR count). The van der Waals surface area contributed by atoms with Gasteiger partial charge in [-0.15, -0.1) is 0 Å². The third-order valence-electron chi connectivity index (χ3n) is 5.40. The Labute approximate surface area is 170 Å². The van der Waals surface area contributed by atoms with Crippen molar-refractivity contribution in [3.05, 3.63) is 78.1 Å². The van der Waals surface area contributed by atoms with Gasteiger partial charge < -0.3 is 0 Å². The quantitative estimate of drug-likeness (QED) is 0.669. The van der Waals surface area contributed by atoms with E-state index in [-0.39, 0.29) is 12.1 Å². The lowest BCUT2D eigenvalue weighted by Crippen LogP contribution is -2.50. The fourth-order valence-corrected chi connectivity index (χ4v) is 4.06. The van der Waals surface area contributed by atoms with Crippen LogP contribution in [0.2, 0.25) is 0 Å². The normalized spacial score (nSPS) is 17.9. The molecule has 1 aromatic heterocycles. The number of fused-ring (bicyclic) bond motifs is 3. The second-order valence-corrected chi connectivity index (χ2v) is 7.48. The summed E-state index contributed by atoms with van der Waals surface area (Å²) in [4.78, 5) is 21.8. The van der Waals surface area contributed by atoms with Crippen LogP contribution >= 0.6 is 0 Å². The first-order valence-corrected chi connectivity index (χ1v) is 10.1. The Bertz CT molecular complexity index is 1060. The van der Waals surface area contributed by atoms with Crippen LogP contribution in [0.15, 0.2) is 71.9 Å². The zero-order valence-electron chi connectivity index (χ0n) is 16.4. The molecule has 0 saturated carbocycles. The van der Waals surface area contributed by atoms with E-state index < -0.39 is 0 Å². The molecule has 0 N–H and O–H groups in total. The minimum Gasteiger partial charge on any atom is -0.290 e. The van der Waals surface area contributed by atoms with E-state index in [9.17, 15) is 4.79 Å². The first-order valence-electron chi connectivity index (χ1n) is 10.1. The van der Waals surface area contributed by atoms with Gasteiger partial charge in [-0.05, 0) is 30.5 Å². The summed E-state index contributed by atoms with van der Waals surface area (Å²) >= 11 is 0. The van der Waals surface area contributed by atoms with E-state index in [2.05, 4.69) is 19.1 Å². The molecule has 29 heavy (non-hydrogen) atoms. The lowest BCUT2D eigenvalue weighted by molar-refractivity contribution is 0.227. The second kappa shape index (κ2) is 7.20. The number of rotatable bonds is 5. The van der Waals surface area contributed by atoms with Crippen molar-refractivity contribution in [2.45, 2.75) is 25.8 Å². The molecule has 0 aliphatic carbocycles. The van der Waals surface area contributed by atoms with E-state index in [1.165, 1.54) is 5.56 Å². The predicted molar refractivity (Wildman–Crippen MR) is 114 cm³/mol. The molecular weight excluding hydrogens is 362 g/mol. The van der Waals surface area contributed by atoms with Gasteiger partial charge in [0.05, 0.1) is 30.2 Å². The van der Waals surface area contributed by atoms with E-state index in [4.69, 9.17) is 10.1 Å². The topological polar surface area (TPSA) is 53.7 Å². The summed E-state index contributed by atoms with van der Waals surface area (Å²) in [5.74, 6) is 0.702. The van der Waals surface area contributed by atoms with Crippen molar-refractivity contribution in [1.82, 2.24) is 14.7 Å². The summed E-state index contributed by atoms with van der Waals surface area (Å²) in [7, 11) is 0. The molecule has 2 aliphatic rings. The average molecular weight is 385 g/mol. The predicted octanol–water partition coefficient (Wildman–Crippen LogP) is 3.90. The van der Waals surface area contributed by atoms with E-state index in [0.29, 0.717) is 18.9 Å². The molecule has 146 valence electrons. The standard InChI is InChI=1S/C23H23N5O/c1-2-13-26-20-16-28(19-11-7-4-8-12-19)25-21(20)22-24-18(15-27(22)23(26)29)14-17-9-5-3-6-10-17/h3-12,16,18H,2,13-15H2,1H3/t18-/m1/s1. The summed E-state index contributed by atoms with van der Waals surface area (Å²) in [6.45, 7) is 3.35. The molecule has 2 amide bonds. The maximum atomic E-state index is 13.2. The van der Waals surface area contributed by atoms with Crippen molar-refractivity contribution in [3.63, 3.8) is 0 Å². The van der Waals surface area contributed by atoms with Crippen LogP contribution in [-0.4, -0.2) is 45.7 Å². The van der Waals surface area contributed by atoms with Gasteiger partial charge in [0.1, 0.15) is 0 Å². The number of urea groups is 1. The Kier molecular flexibility index (Phi) is 4.39. The molecule has 6 nitrogen and oxygen atoms in total. The van der Waals surface area contributed by atoms with Crippen molar-refractivity contribution in [2.75, 3.05) is 18.0 Å². The maximum Gasteiger partial charge on any atom is 0.330 e. The third-order valence-corrected chi connectivity index (χ3v) is 5.40. The number of para-hydroxylation sites is 1. The van der Waals surface area contributed by atoms with E-state index >= 15 is 0 Å². The molecule has 0 bridgehead atoms. The Morgan fingerprint density at radius 3 is 2.48 bits per heavy atom. The molecule has 2 aromatic carbocycles. The highest BCUT2D eigenvalue weighted by molar-refractivity contribution is 6.19. The monoisotopic (exact) mass is 385 g/mol. The number of hydrogen-bond acceptors (Lipinski definition) is 3. The number of anilines is 1. The SMILES string of the molecule is CCCN1C(=O)N2C[C@@H](Cc3ccccc3)N=C2c2nn(-c3ccccc3)cc21. The third kappa shape index (κ3) is 3.10. The van der Waals surface area contributed by atoms with Crippen LogP contribution in [0.1, 0.15) is 24.6 Å². The first-order chi connectivity index (χ1) is 14.2. The van der Waals surface area contributed by atoms with Crippen LogP contribution in [0.3, 0.4) is 0 Å². The Morgan fingerprint density at radius 2 is 1.76 bits per heavy atom. The summed E-state index contributed by atoms with van der Waals surface area (Å²) in [6, 6.07) is 20.3. The van der Waals surface area contributed by atoms with Crippen LogP contribution < -0.4 is 4.90 Å². The van der Waals surface area contributed by atoms with Gasteiger partial charge in [-0.2, -0.15) is 5.10 Å². The highest BCUT2D eigenvalue weighted by atomic mass is 16.2. The van der Waals surface area contributed by atoms with Gasteiger partial charge in [-0.1, -0.05) is 55.5 Å². The van der Waals surface area contributed by atoms with Gasteiger partial charge in [-0.3, -0.25) is 14.8 Å². The second-order valence-electron chi connectivity index (χ2n) is 7.48. The summed E-state index contributed by atoms with van der Waals surface area (Å²) in [6.07, 6.45) is 3.65. The molecule has 0 fully saturated rings.